The Morgan fingerprint density at radius 1 is 1.09 bits per heavy atom. The van der Waals surface area contributed by atoms with Crippen molar-refractivity contribution in [3.8, 4) is 0 Å². The summed E-state index contributed by atoms with van der Waals surface area (Å²) in [6.45, 7) is 3.11. The Labute approximate surface area is 194 Å². The highest BCUT2D eigenvalue weighted by atomic mass is 32.2. The molecule has 6 nitrogen and oxygen atoms in total. The summed E-state index contributed by atoms with van der Waals surface area (Å²) < 4.78 is 37.5. The van der Waals surface area contributed by atoms with E-state index in [1.165, 1.54) is 17.7 Å². The number of halogens is 1. The Bertz CT molecular complexity index is 1120. The Hall–Kier alpha value is -2.74. The normalized spacial score (nSPS) is 22.0. The van der Waals surface area contributed by atoms with E-state index in [0.29, 0.717) is 25.9 Å². The third kappa shape index (κ3) is 5.79. The fourth-order valence-corrected chi connectivity index (χ4v) is 6.33. The maximum absolute atomic E-state index is 13.5. The van der Waals surface area contributed by atoms with Crippen LogP contribution >= 0.6 is 0 Å². The molecule has 8 heteroatoms. The molecule has 0 aromatic heterocycles. The summed E-state index contributed by atoms with van der Waals surface area (Å²) >= 11 is 0. The van der Waals surface area contributed by atoms with Crippen molar-refractivity contribution in [1.29, 1.82) is 0 Å². The Morgan fingerprint density at radius 3 is 2.39 bits per heavy atom. The third-order valence-corrected chi connectivity index (χ3v) is 8.30. The van der Waals surface area contributed by atoms with Gasteiger partial charge in [0.1, 0.15) is 5.82 Å². The van der Waals surface area contributed by atoms with Crippen LogP contribution in [0.5, 0.6) is 0 Å². The molecular weight excluding hydrogens is 443 g/mol. The second-order valence-electron chi connectivity index (χ2n) is 9.13. The van der Waals surface area contributed by atoms with Crippen molar-refractivity contribution < 1.29 is 22.4 Å². The van der Waals surface area contributed by atoms with Crippen LogP contribution in [0.2, 0.25) is 0 Å². The fourth-order valence-electron chi connectivity index (χ4n) is 4.60. The standard InChI is InChI=1S/C25H29FN2O4S/c1-18-2-4-19(5-3-18)10-12-27-16-21(14-24(27)29)25(30)28(23-11-13-33(31,32)17-23)15-20-6-8-22(26)9-7-20/h2-9,21,23H,10-17H2,1H3. The van der Waals surface area contributed by atoms with Gasteiger partial charge < -0.3 is 9.80 Å². The molecule has 2 unspecified atom stereocenters. The molecule has 2 saturated heterocycles. The van der Waals surface area contributed by atoms with Gasteiger partial charge in [-0.05, 0) is 43.0 Å². The minimum atomic E-state index is -3.19. The van der Waals surface area contributed by atoms with Crippen molar-refractivity contribution in [2.24, 2.45) is 5.92 Å². The van der Waals surface area contributed by atoms with Gasteiger partial charge in [0, 0.05) is 32.1 Å². The molecule has 0 N–H and O–H groups in total. The lowest BCUT2D eigenvalue weighted by molar-refractivity contribution is -0.138. The smallest absolute Gasteiger partial charge is 0.228 e. The molecule has 2 fully saturated rings. The van der Waals surface area contributed by atoms with Gasteiger partial charge in [0.25, 0.3) is 0 Å². The van der Waals surface area contributed by atoms with Crippen LogP contribution in [0.15, 0.2) is 48.5 Å². The van der Waals surface area contributed by atoms with Gasteiger partial charge in [-0.15, -0.1) is 0 Å². The van der Waals surface area contributed by atoms with Gasteiger partial charge in [-0.2, -0.15) is 0 Å². The number of benzene rings is 2. The summed E-state index contributed by atoms with van der Waals surface area (Å²) in [7, 11) is -3.19. The highest BCUT2D eigenvalue weighted by molar-refractivity contribution is 7.91. The van der Waals surface area contributed by atoms with Crippen LogP contribution in [0.3, 0.4) is 0 Å². The van der Waals surface area contributed by atoms with Gasteiger partial charge in [0.05, 0.1) is 17.4 Å². The first kappa shape index (κ1) is 23.4. The molecule has 2 heterocycles. The van der Waals surface area contributed by atoms with Crippen LogP contribution < -0.4 is 0 Å². The second kappa shape index (κ2) is 9.63. The second-order valence-corrected chi connectivity index (χ2v) is 11.4. The lowest BCUT2D eigenvalue weighted by Crippen LogP contribution is -2.44. The number of amides is 2. The number of aryl methyl sites for hydroxylation is 1. The van der Waals surface area contributed by atoms with Gasteiger partial charge in [0.15, 0.2) is 9.84 Å². The van der Waals surface area contributed by atoms with E-state index >= 15 is 0 Å². The molecule has 4 rings (SSSR count). The predicted octanol–water partition coefficient (Wildman–Crippen LogP) is 2.74. The molecule has 0 saturated carbocycles. The number of sulfone groups is 1. The van der Waals surface area contributed by atoms with E-state index in [1.54, 1.807) is 21.9 Å². The quantitative estimate of drug-likeness (QED) is 0.621. The molecular formula is C25H29FN2O4S. The molecule has 0 radical (unpaired) electrons. The Kier molecular flexibility index (Phi) is 6.83. The first-order valence-electron chi connectivity index (χ1n) is 11.3. The summed E-state index contributed by atoms with van der Waals surface area (Å²) in [5.74, 6) is -1.15. The highest BCUT2D eigenvalue weighted by Gasteiger charge is 2.41. The Morgan fingerprint density at radius 2 is 1.76 bits per heavy atom. The van der Waals surface area contributed by atoms with Crippen LogP contribution in [0.25, 0.3) is 0 Å². The zero-order valence-corrected chi connectivity index (χ0v) is 19.6. The first-order chi connectivity index (χ1) is 15.7. The number of likely N-dealkylation sites (tertiary alicyclic amines) is 1. The monoisotopic (exact) mass is 472 g/mol. The summed E-state index contributed by atoms with van der Waals surface area (Å²) in [4.78, 5) is 29.4. The van der Waals surface area contributed by atoms with Crippen LogP contribution in [0.4, 0.5) is 4.39 Å². The molecule has 2 aromatic carbocycles. The molecule has 176 valence electrons. The summed E-state index contributed by atoms with van der Waals surface area (Å²) in [6, 6.07) is 13.6. The van der Waals surface area contributed by atoms with E-state index in [-0.39, 0.29) is 42.1 Å². The van der Waals surface area contributed by atoms with Gasteiger partial charge in [-0.3, -0.25) is 9.59 Å². The summed E-state index contributed by atoms with van der Waals surface area (Å²) in [5.41, 5.74) is 3.05. The van der Waals surface area contributed by atoms with Crippen molar-refractivity contribution in [2.45, 2.75) is 38.8 Å². The molecule has 2 aromatic rings. The highest BCUT2D eigenvalue weighted by Crippen LogP contribution is 2.27. The van der Waals surface area contributed by atoms with Gasteiger partial charge in [-0.25, -0.2) is 12.8 Å². The van der Waals surface area contributed by atoms with Crippen molar-refractivity contribution in [3.05, 3.63) is 71.0 Å². The molecule has 2 amide bonds. The molecule has 0 bridgehead atoms. The molecule has 2 aliphatic rings. The number of carbonyl (C=O) groups is 2. The zero-order chi connectivity index (χ0) is 23.6. The molecule has 0 spiro atoms. The van der Waals surface area contributed by atoms with Gasteiger partial charge in [-0.1, -0.05) is 42.0 Å². The SMILES string of the molecule is Cc1ccc(CCN2CC(C(=O)N(Cc3ccc(F)cc3)C3CCS(=O)(=O)C3)CC2=O)cc1. The molecule has 2 atom stereocenters. The number of carbonyl (C=O) groups excluding carboxylic acids is 2. The largest absolute Gasteiger partial charge is 0.342 e. The number of hydrogen-bond donors (Lipinski definition) is 0. The first-order valence-corrected chi connectivity index (χ1v) is 13.1. The van der Waals surface area contributed by atoms with Crippen molar-refractivity contribution in [3.63, 3.8) is 0 Å². The molecule has 33 heavy (non-hydrogen) atoms. The maximum atomic E-state index is 13.5. The zero-order valence-electron chi connectivity index (χ0n) is 18.7. The van der Waals surface area contributed by atoms with Gasteiger partial charge >= 0.3 is 0 Å². The number of rotatable bonds is 7. The van der Waals surface area contributed by atoms with Crippen LogP contribution in [-0.2, 0) is 32.4 Å². The summed E-state index contributed by atoms with van der Waals surface area (Å²) in [5, 5.41) is 0. The average molecular weight is 473 g/mol. The van der Waals surface area contributed by atoms with Crippen molar-refractivity contribution >= 4 is 21.7 Å². The van der Waals surface area contributed by atoms with Crippen LogP contribution in [0, 0.1) is 18.7 Å². The maximum Gasteiger partial charge on any atom is 0.228 e. The van der Waals surface area contributed by atoms with Gasteiger partial charge in [0.2, 0.25) is 11.8 Å². The predicted molar refractivity (Wildman–Crippen MR) is 124 cm³/mol. The topological polar surface area (TPSA) is 74.8 Å². The lowest BCUT2D eigenvalue weighted by atomic mass is 10.0. The van der Waals surface area contributed by atoms with Crippen molar-refractivity contribution in [1.82, 2.24) is 9.80 Å². The van der Waals surface area contributed by atoms with E-state index in [4.69, 9.17) is 0 Å². The number of nitrogens with zero attached hydrogens (tertiary/aromatic N) is 2. The summed E-state index contributed by atoms with van der Waals surface area (Å²) in [6.07, 6.45) is 1.23. The fraction of sp³-hybridized carbons (Fsp3) is 0.440. The molecule has 0 aliphatic carbocycles. The van der Waals surface area contributed by atoms with Crippen LogP contribution in [0.1, 0.15) is 29.5 Å². The van der Waals surface area contributed by atoms with E-state index < -0.39 is 21.8 Å². The van der Waals surface area contributed by atoms with E-state index in [9.17, 15) is 22.4 Å². The average Bonchev–Trinajstić information content (AvgIpc) is 3.34. The minimum Gasteiger partial charge on any atom is -0.342 e. The Balaban J connectivity index is 1.45. The number of hydrogen-bond acceptors (Lipinski definition) is 4. The van der Waals surface area contributed by atoms with E-state index in [1.807, 2.05) is 31.2 Å². The van der Waals surface area contributed by atoms with E-state index in [0.717, 1.165) is 11.1 Å². The minimum absolute atomic E-state index is 0.0527. The van der Waals surface area contributed by atoms with E-state index in [2.05, 4.69) is 0 Å². The van der Waals surface area contributed by atoms with Crippen LogP contribution in [-0.4, -0.2) is 60.7 Å². The molecule has 2 aliphatic heterocycles. The lowest BCUT2D eigenvalue weighted by Gasteiger charge is -2.31. The third-order valence-electron chi connectivity index (χ3n) is 6.55. The van der Waals surface area contributed by atoms with Crippen molar-refractivity contribution in [2.75, 3.05) is 24.6 Å².